The average Bonchev–Trinajstić information content (AvgIpc) is 2.82. The lowest BCUT2D eigenvalue weighted by Crippen LogP contribution is -2.26. The van der Waals surface area contributed by atoms with Crippen LogP contribution in [0.25, 0.3) is 0 Å². The summed E-state index contributed by atoms with van der Waals surface area (Å²) in [6, 6.07) is 4.55. The molecule has 0 spiro atoms. The molecule has 1 aromatic rings. The van der Waals surface area contributed by atoms with Crippen LogP contribution in [0.15, 0.2) is 18.2 Å². The number of hydrogen-bond acceptors (Lipinski definition) is 3. The van der Waals surface area contributed by atoms with Crippen LogP contribution >= 0.6 is 0 Å². The van der Waals surface area contributed by atoms with Crippen molar-refractivity contribution in [1.29, 1.82) is 0 Å². The Kier molecular flexibility index (Phi) is 2.31. The third-order valence-electron chi connectivity index (χ3n) is 3.18. The monoisotopic (exact) mass is 229 g/mol. The van der Waals surface area contributed by atoms with Crippen LogP contribution in [0.5, 0.6) is 11.5 Å². The standard InChI is InChI=1S/C11H13F2NO2/c1-16-8-4-2-3-7(9(8)15)10(6-14)5-11(10,12)13/h2-4,15H,5-6,14H2,1H3. The van der Waals surface area contributed by atoms with Gasteiger partial charge in [-0.2, -0.15) is 0 Å². The molecule has 1 aliphatic rings. The zero-order valence-corrected chi connectivity index (χ0v) is 8.84. The van der Waals surface area contributed by atoms with Crippen molar-refractivity contribution in [2.75, 3.05) is 13.7 Å². The van der Waals surface area contributed by atoms with Crippen LogP contribution in [0.1, 0.15) is 12.0 Å². The lowest BCUT2D eigenvalue weighted by atomic mass is 9.94. The molecule has 1 unspecified atom stereocenters. The van der Waals surface area contributed by atoms with Gasteiger partial charge in [0, 0.05) is 18.5 Å². The first-order valence-corrected chi connectivity index (χ1v) is 4.93. The first-order valence-electron chi connectivity index (χ1n) is 4.93. The Morgan fingerprint density at radius 3 is 2.56 bits per heavy atom. The van der Waals surface area contributed by atoms with Crippen LogP contribution in [-0.4, -0.2) is 24.7 Å². The minimum Gasteiger partial charge on any atom is -0.504 e. The quantitative estimate of drug-likeness (QED) is 0.828. The number of phenols is 1. The highest BCUT2D eigenvalue weighted by Gasteiger charge is 2.72. The van der Waals surface area contributed by atoms with Gasteiger partial charge in [-0.15, -0.1) is 0 Å². The molecule has 3 nitrogen and oxygen atoms in total. The summed E-state index contributed by atoms with van der Waals surface area (Å²) in [5.41, 5.74) is 4.15. The van der Waals surface area contributed by atoms with Crippen molar-refractivity contribution in [3.63, 3.8) is 0 Å². The van der Waals surface area contributed by atoms with Gasteiger partial charge in [-0.25, -0.2) is 8.78 Å². The highest BCUT2D eigenvalue weighted by Crippen LogP contribution is 2.63. The number of nitrogens with two attached hydrogens (primary N) is 1. The molecule has 16 heavy (non-hydrogen) atoms. The van der Waals surface area contributed by atoms with E-state index in [9.17, 15) is 13.9 Å². The maximum atomic E-state index is 13.3. The number of para-hydroxylation sites is 1. The van der Waals surface area contributed by atoms with Crippen LogP contribution in [0, 0.1) is 0 Å². The highest BCUT2D eigenvalue weighted by molar-refractivity contribution is 5.53. The number of methoxy groups -OCH3 is 1. The molecule has 3 N–H and O–H groups in total. The van der Waals surface area contributed by atoms with Gasteiger partial charge in [0.05, 0.1) is 12.5 Å². The van der Waals surface area contributed by atoms with Crippen LogP contribution in [0.4, 0.5) is 8.78 Å². The van der Waals surface area contributed by atoms with E-state index in [1.54, 1.807) is 6.07 Å². The topological polar surface area (TPSA) is 55.5 Å². The second kappa shape index (κ2) is 3.31. The van der Waals surface area contributed by atoms with Crippen LogP contribution < -0.4 is 10.5 Å². The van der Waals surface area contributed by atoms with Gasteiger partial charge >= 0.3 is 0 Å². The van der Waals surface area contributed by atoms with E-state index < -0.39 is 11.3 Å². The predicted molar refractivity (Wildman–Crippen MR) is 55.0 cm³/mol. The van der Waals surface area contributed by atoms with Gasteiger partial charge in [0.25, 0.3) is 5.92 Å². The number of halogens is 2. The van der Waals surface area contributed by atoms with Gasteiger partial charge < -0.3 is 15.6 Å². The van der Waals surface area contributed by atoms with E-state index in [0.717, 1.165) is 0 Å². The molecule has 0 aliphatic heterocycles. The summed E-state index contributed by atoms with van der Waals surface area (Å²) in [7, 11) is 1.37. The number of alkyl halides is 2. The van der Waals surface area contributed by atoms with E-state index in [1.807, 2.05) is 0 Å². The molecule has 0 bridgehead atoms. The Balaban J connectivity index is 2.49. The lowest BCUT2D eigenvalue weighted by Gasteiger charge is -2.17. The fourth-order valence-corrected chi connectivity index (χ4v) is 2.03. The van der Waals surface area contributed by atoms with Gasteiger partial charge in [0.15, 0.2) is 11.5 Å². The van der Waals surface area contributed by atoms with E-state index in [4.69, 9.17) is 10.5 Å². The molecule has 1 aromatic carbocycles. The van der Waals surface area contributed by atoms with Crippen molar-refractivity contribution in [3.05, 3.63) is 23.8 Å². The summed E-state index contributed by atoms with van der Waals surface area (Å²) in [6.45, 7) is -0.194. The Bertz CT molecular complexity index is 422. The van der Waals surface area contributed by atoms with Crippen LogP contribution in [0.2, 0.25) is 0 Å². The SMILES string of the molecule is COc1cccc(C2(CN)CC2(F)F)c1O. The molecule has 1 saturated carbocycles. The highest BCUT2D eigenvalue weighted by atomic mass is 19.3. The maximum absolute atomic E-state index is 13.3. The molecule has 0 saturated heterocycles. The van der Waals surface area contributed by atoms with E-state index in [2.05, 4.69) is 0 Å². The zero-order chi connectivity index (χ0) is 12.0. The lowest BCUT2D eigenvalue weighted by molar-refractivity contribution is 0.0888. The largest absolute Gasteiger partial charge is 0.504 e. The number of ether oxygens (including phenoxy) is 1. The van der Waals surface area contributed by atoms with Crippen molar-refractivity contribution in [2.24, 2.45) is 5.73 Å². The molecular weight excluding hydrogens is 216 g/mol. The Labute approximate surface area is 91.8 Å². The zero-order valence-electron chi connectivity index (χ0n) is 8.84. The predicted octanol–water partition coefficient (Wildman–Crippen LogP) is 1.64. The Morgan fingerprint density at radius 1 is 1.50 bits per heavy atom. The van der Waals surface area contributed by atoms with Gasteiger partial charge in [0.2, 0.25) is 0 Å². The molecular formula is C11H13F2NO2. The number of aromatic hydroxyl groups is 1. The summed E-state index contributed by atoms with van der Waals surface area (Å²) in [5, 5.41) is 9.81. The smallest absolute Gasteiger partial charge is 0.260 e. The normalized spacial score (nSPS) is 26.5. The van der Waals surface area contributed by atoms with Crippen molar-refractivity contribution >= 4 is 0 Å². The number of hydrogen-bond donors (Lipinski definition) is 2. The van der Waals surface area contributed by atoms with Gasteiger partial charge in [-0.05, 0) is 6.07 Å². The fraction of sp³-hybridized carbons (Fsp3) is 0.455. The van der Waals surface area contributed by atoms with Gasteiger partial charge in [0.1, 0.15) is 0 Å². The van der Waals surface area contributed by atoms with E-state index in [1.165, 1.54) is 19.2 Å². The molecule has 0 radical (unpaired) electrons. The van der Waals surface area contributed by atoms with Crippen molar-refractivity contribution in [3.8, 4) is 11.5 Å². The minimum absolute atomic E-state index is 0.166. The van der Waals surface area contributed by atoms with Gasteiger partial charge in [-0.3, -0.25) is 0 Å². The first kappa shape index (κ1) is 11.1. The molecule has 1 atom stereocenters. The second-order valence-electron chi connectivity index (χ2n) is 4.02. The van der Waals surface area contributed by atoms with E-state index >= 15 is 0 Å². The summed E-state index contributed by atoms with van der Waals surface area (Å²) in [5.74, 6) is -2.90. The average molecular weight is 229 g/mol. The third-order valence-corrected chi connectivity index (χ3v) is 3.18. The Morgan fingerprint density at radius 2 is 2.12 bits per heavy atom. The number of rotatable bonds is 3. The third kappa shape index (κ3) is 1.28. The van der Waals surface area contributed by atoms with Crippen LogP contribution in [-0.2, 0) is 5.41 Å². The summed E-state index contributed by atoms with van der Waals surface area (Å²) >= 11 is 0. The molecule has 0 heterocycles. The molecule has 88 valence electrons. The number of phenolic OH excluding ortho intramolecular Hbond substituents is 1. The van der Waals surface area contributed by atoms with Gasteiger partial charge in [-0.1, -0.05) is 12.1 Å². The summed E-state index contributed by atoms with van der Waals surface area (Å²) in [6.07, 6.45) is -0.322. The minimum atomic E-state index is -2.84. The maximum Gasteiger partial charge on any atom is 0.260 e. The fourth-order valence-electron chi connectivity index (χ4n) is 2.03. The van der Waals surface area contributed by atoms with Crippen molar-refractivity contribution in [2.45, 2.75) is 17.8 Å². The first-order chi connectivity index (χ1) is 7.48. The second-order valence-corrected chi connectivity index (χ2v) is 4.02. The summed E-state index contributed by atoms with van der Waals surface area (Å²) in [4.78, 5) is 0. The summed E-state index contributed by atoms with van der Waals surface area (Å²) < 4.78 is 31.5. The van der Waals surface area contributed by atoms with E-state index in [0.29, 0.717) is 0 Å². The Hall–Kier alpha value is -1.36. The molecule has 0 aromatic heterocycles. The molecule has 1 aliphatic carbocycles. The van der Waals surface area contributed by atoms with Crippen molar-refractivity contribution < 1.29 is 18.6 Å². The molecule has 2 rings (SSSR count). The molecule has 5 heteroatoms. The molecule has 1 fully saturated rings. The van der Waals surface area contributed by atoms with Crippen LogP contribution in [0.3, 0.4) is 0 Å². The molecule has 0 amide bonds. The van der Waals surface area contributed by atoms with Crippen molar-refractivity contribution in [1.82, 2.24) is 0 Å². The number of benzene rings is 1. The van der Waals surface area contributed by atoms with E-state index in [-0.39, 0.29) is 30.0 Å².